The van der Waals surface area contributed by atoms with Gasteiger partial charge in [0.15, 0.2) is 0 Å². The Labute approximate surface area is 311 Å². The van der Waals surface area contributed by atoms with Crippen molar-refractivity contribution >= 4 is 75.1 Å². The number of hydrogen-bond donors (Lipinski definition) is 5. The number of hydrogen-bond acceptors (Lipinski definition) is 10. The number of carbonyl (C=O) groups is 4. The first kappa shape index (κ1) is 38.2. The maximum Gasteiger partial charge on any atom is 0.323 e. The average molecular weight is 767 g/mol. The number of nitrogens with zero attached hydrogens (tertiary/aromatic N) is 3. The molecule has 1 aliphatic carbocycles. The number of aromatic hydroxyl groups is 1. The van der Waals surface area contributed by atoms with Crippen molar-refractivity contribution in [2.24, 2.45) is 0 Å². The van der Waals surface area contributed by atoms with Crippen LogP contribution in [0.25, 0.3) is 33.4 Å². The summed E-state index contributed by atoms with van der Waals surface area (Å²) < 4.78 is 5.92. The Bertz CT molecular complexity index is 2260. The smallest absolute Gasteiger partial charge is 0.323 e. The molecule has 1 aliphatic heterocycles. The van der Waals surface area contributed by atoms with Gasteiger partial charge in [0.1, 0.15) is 43.3 Å². The fourth-order valence-corrected chi connectivity index (χ4v) is 6.37. The summed E-state index contributed by atoms with van der Waals surface area (Å²) in [4.78, 5) is 64.0. The van der Waals surface area contributed by atoms with Crippen LogP contribution in [-0.4, -0.2) is 88.7 Å². The molecule has 0 bridgehead atoms. The maximum atomic E-state index is 12.4. The Morgan fingerprint density at radius 2 is 1.17 bits per heavy atom. The van der Waals surface area contributed by atoms with Gasteiger partial charge in [-0.3, -0.25) is 24.0 Å². The summed E-state index contributed by atoms with van der Waals surface area (Å²) in [7, 11) is 0. The molecule has 0 saturated heterocycles. The van der Waals surface area contributed by atoms with E-state index in [0.29, 0.717) is 27.8 Å². The lowest BCUT2D eigenvalue weighted by atomic mass is 9.93. The highest BCUT2D eigenvalue weighted by atomic mass is 35.5. The summed E-state index contributed by atoms with van der Waals surface area (Å²) in [6, 6.07) is 15.5. The normalized spacial score (nSPS) is 11.1. The number of benzene rings is 4. The number of carboxylic acids is 4. The fourth-order valence-electron chi connectivity index (χ4n) is 6.05. The molecule has 0 spiro atoms. The molecule has 0 fully saturated rings. The molecule has 14 nitrogen and oxygen atoms in total. The third-order valence-electron chi connectivity index (χ3n) is 8.58. The molecule has 5 rings (SSSR count). The van der Waals surface area contributed by atoms with E-state index in [1.807, 2.05) is 0 Å². The van der Waals surface area contributed by atoms with Crippen LogP contribution in [0.4, 0.5) is 17.1 Å². The van der Waals surface area contributed by atoms with Gasteiger partial charge in [0, 0.05) is 47.4 Å². The minimum Gasteiger partial charge on any atom is -0.506 e. The third-order valence-corrected chi connectivity index (χ3v) is 9.18. The maximum absolute atomic E-state index is 12.4. The van der Waals surface area contributed by atoms with E-state index in [2.05, 4.69) is 0 Å². The standard InChI is InChI=1S/C37H33Cl2N3O11/c1-19-9-27(28(10-20(19)2)42(17-35(49)50)18-36(51)52)41(16-34(47)48)8-7-40(15-33(45)46)22-5-3-21(4-6-22)37-23-11-25(38)29(43)13-31(23)53-32-14-30(44)26(39)12-24(32)37/h3-6,9-14,43H,7-8,15-18H2,1-2H3,(H,45,46)(H,47,48)(H,49,50)(H,51,52). The molecule has 0 saturated carbocycles. The minimum atomic E-state index is -1.29. The summed E-state index contributed by atoms with van der Waals surface area (Å²) in [5.41, 5.74) is 3.80. The minimum absolute atomic E-state index is 0.0179. The van der Waals surface area contributed by atoms with Crippen molar-refractivity contribution in [3.63, 3.8) is 0 Å². The second-order valence-corrected chi connectivity index (χ2v) is 13.1. The van der Waals surface area contributed by atoms with Crippen molar-refractivity contribution < 1.29 is 49.1 Å². The highest BCUT2D eigenvalue weighted by Gasteiger charge is 2.25. The van der Waals surface area contributed by atoms with E-state index in [1.54, 1.807) is 50.2 Å². The zero-order valence-electron chi connectivity index (χ0n) is 28.3. The van der Waals surface area contributed by atoms with E-state index in [0.717, 1.165) is 16.0 Å². The highest BCUT2D eigenvalue weighted by molar-refractivity contribution is 6.33. The molecule has 16 heteroatoms. The number of rotatable bonds is 15. The fraction of sp³-hybridized carbons (Fsp3) is 0.216. The number of anilines is 3. The summed E-state index contributed by atoms with van der Waals surface area (Å²) in [5, 5.41) is 49.5. The molecule has 3 aromatic carbocycles. The van der Waals surface area contributed by atoms with Crippen LogP contribution in [0, 0.1) is 13.8 Å². The Hall–Kier alpha value is -5.99. The summed E-state index contributed by atoms with van der Waals surface area (Å²) in [5.74, 6) is -5.00. The third kappa shape index (κ3) is 8.73. The Kier molecular flexibility index (Phi) is 11.3. The molecule has 0 radical (unpaired) electrons. The molecule has 0 unspecified atom stereocenters. The molecule has 276 valence electrons. The van der Waals surface area contributed by atoms with E-state index in [4.69, 9.17) is 27.6 Å². The summed E-state index contributed by atoms with van der Waals surface area (Å²) in [6.07, 6.45) is 0. The van der Waals surface area contributed by atoms with Gasteiger partial charge >= 0.3 is 23.9 Å². The van der Waals surface area contributed by atoms with Crippen molar-refractivity contribution in [1.29, 1.82) is 0 Å². The van der Waals surface area contributed by atoms with E-state index in [1.165, 1.54) is 34.1 Å². The van der Waals surface area contributed by atoms with Crippen LogP contribution < -0.4 is 20.1 Å². The number of aliphatic carboxylic acids is 4. The number of halogens is 2. The van der Waals surface area contributed by atoms with Crippen molar-refractivity contribution in [3.8, 4) is 28.2 Å². The molecule has 0 amide bonds. The van der Waals surface area contributed by atoms with Crippen LogP contribution in [0.1, 0.15) is 11.1 Å². The van der Waals surface area contributed by atoms with E-state index >= 15 is 0 Å². The van der Waals surface area contributed by atoms with Crippen molar-refractivity contribution in [2.45, 2.75) is 13.8 Å². The molecule has 0 aromatic heterocycles. The number of phenols is 1. The predicted octanol–water partition coefficient (Wildman–Crippen LogP) is 5.65. The van der Waals surface area contributed by atoms with Gasteiger partial charge in [-0.2, -0.15) is 0 Å². The largest absolute Gasteiger partial charge is 0.506 e. The lowest BCUT2D eigenvalue weighted by Crippen LogP contribution is -2.41. The number of phenolic OH excluding ortho intramolecular Hbond substituents is 1. The molecular weight excluding hydrogens is 733 g/mol. The highest BCUT2D eigenvalue weighted by Crippen LogP contribution is 2.43. The SMILES string of the molecule is Cc1cc(N(CCN(CC(=O)O)c2ccc(-c3c4cc(Cl)c(=O)cc-4oc4cc(O)c(Cl)cc34)cc2)CC(=O)O)c(N(CC(=O)O)CC(=O)O)cc1C. The second kappa shape index (κ2) is 15.7. The van der Waals surface area contributed by atoms with Gasteiger partial charge in [-0.05, 0) is 66.9 Å². The molecule has 2 aliphatic rings. The van der Waals surface area contributed by atoms with Crippen LogP contribution in [-0.2, 0) is 19.2 Å². The first-order valence-corrected chi connectivity index (χ1v) is 16.7. The molecule has 53 heavy (non-hydrogen) atoms. The molecular formula is C37H33Cl2N3O11. The van der Waals surface area contributed by atoms with Gasteiger partial charge < -0.3 is 44.6 Å². The quantitative estimate of drug-likeness (QED) is 0.0816. The van der Waals surface area contributed by atoms with Crippen molar-refractivity contribution in [3.05, 3.63) is 92.1 Å². The van der Waals surface area contributed by atoms with Crippen molar-refractivity contribution in [2.75, 3.05) is 54.0 Å². The zero-order valence-corrected chi connectivity index (χ0v) is 29.8. The molecule has 0 atom stereocenters. The van der Waals surface area contributed by atoms with Gasteiger partial charge in [-0.25, -0.2) is 0 Å². The van der Waals surface area contributed by atoms with E-state index in [-0.39, 0.29) is 51.6 Å². The number of fused-ring (bicyclic) bond motifs is 2. The monoisotopic (exact) mass is 765 g/mol. The molecule has 5 N–H and O–H groups in total. The lowest BCUT2D eigenvalue weighted by Gasteiger charge is -2.33. The number of carboxylic acid groups (broad SMARTS) is 4. The van der Waals surface area contributed by atoms with Crippen LogP contribution in [0.5, 0.6) is 5.75 Å². The van der Waals surface area contributed by atoms with Gasteiger partial charge in [0.05, 0.1) is 21.4 Å². The summed E-state index contributed by atoms with van der Waals surface area (Å²) >= 11 is 12.5. The summed E-state index contributed by atoms with van der Waals surface area (Å²) in [6.45, 7) is 1.08. The first-order chi connectivity index (χ1) is 25.0. The van der Waals surface area contributed by atoms with Crippen molar-refractivity contribution in [1.82, 2.24) is 0 Å². The molecule has 1 heterocycles. The lowest BCUT2D eigenvalue weighted by molar-refractivity contribution is -0.137. The Morgan fingerprint density at radius 1 is 0.660 bits per heavy atom. The van der Waals surface area contributed by atoms with E-state index in [9.17, 15) is 49.5 Å². The van der Waals surface area contributed by atoms with Crippen LogP contribution >= 0.6 is 23.2 Å². The van der Waals surface area contributed by atoms with Crippen LogP contribution in [0.15, 0.2) is 69.9 Å². The Balaban J connectivity index is 1.55. The van der Waals surface area contributed by atoms with Crippen LogP contribution in [0.2, 0.25) is 10.0 Å². The van der Waals surface area contributed by atoms with Gasteiger partial charge in [0.25, 0.3) is 0 Å². The topological polar surface area (TPSA) is 209 Å². The average Bonchev–Trinajstić information content (AvgIpc) is 3.06. The Morgan fingerprint density at radius 3 is 1.74 bits per heavy atom. The van der Waals surface area contributed by atoms with E-state index < -0.39 is 55.5 Å². The first-order valence-electron chi connectivity index (χ1n) is 15.9. The van der Waals surface area contributed by atoms with Gasteiger partial charge in [-0.1, -0.05) is 35.3 Å². The van der Waals surface area contributed by atoms with Crippen LogP contribution in [0.3, 0.4) is 0 Å². The second-order valence-electron chi connectivity index (χ2n) is 12.3. The zero-order chi connectivity index (χ0) is 38.7. The van der Waals surface area contributed by atoms with Gasteiger partial charge in [0.2, 0.25) is 5.43 Å². The number of aryl methyl sites for hydroxylation is 2. The predicted molar refractivity (Wildman–Crippen MR) is 199 cm³/mol. The molecule has 3 aromatic rings. The van der Waals surface area contributed by atoms with Gasteiger partial charge in [-0.15, -0.1) is 0 Å².